The van der Waals surface area contributed by atoms with Gasteiger partial charge in [-0.05, 0) is 36.9 Å². The highest BCUT2D eigenvalue weighted by atomic mass is 32.1. The molecule has 1 saturated heterocycles. The summed E-state index contributed by atoms with van der Waals surface area (Å²) in [7, 11) is 0. The van der Waals surface area contributed by atoms with Gasteiger partial charge in [0.2, 0.25) is 0 Å². The molecule has 5 nitrogen and oxygen atoms in total. The number of thiophene rings is 1. The molecule has 0 radical (unpaired) electrons. The van der Waals surface area contributed by atoms with Gasteiger partial charge in [-0.1, -0.05) is 13.0 Å². The number of urea groups is 1. The van der Waals surface area contributed by atoms with E-state index in [1.807, 2.05) is 35.4 Å². The third-order valence-electron chi connectivity index (χ3n) is 4.02. The zero-order valence-corrected chi connectivity index (χ0v) is 14.3. The standard InChI is InChI=1S/C17H22N2O3S/c1-3-13(16-5-4-10-23-16)18-17(20)19-8-9-21-15(11-19)14-7-6-12(2)22-14/h4-7,10,13,15H,3,8-9,11H2,1-2H3,(H,18,20)/t13-,15+/m0/s1. The number of morpholine rings is 1. The predicted octanol–water partition coefficient (Wildman–Crippen LogP) is 3.88. The number of nitrogens with zero attached hydrogens (tertiary/aromatic N) is 1. The highest BCUT2D eigenvalue weighted by molar-refractivity contribution is 7.10. The maximum atomic E-state index is 12.6. The fourth-order valence-corrected chi connectivity index (χ4v) is 3.60. The van der Waals surface area contributed by atoms with Crippen LogP contribution in [0.25, 0.3) is 0 Å². The molecule has 23 heavy (non-hydrogen) atoms. The second-order valence-corrected chi connectivity index (χ2v) is 6.66. The Morgan fingerprint density at radius 1 is 1.48 bits per heavy atom. The molecule has 2 atom stereocenters. The van der Waals surface area contributed by atoms with E-state index >= 15 is 0 Å². The van der Waals surface area contributed by atoms with Gasteiger partial charge < -0.3 is 19.4 Å². The fourth-order valence-electron chi connectivity index (χ4n) is 2.74. The molecule has 2 amide bonds. The lowest BCUT2D eigenvalue weighted by molar-refractivity contribution is -0.0266. The zero-order chi connectivity index (χ0) is 16.2. The Balaban J connectivity index is 1.62. The van der Waals surface area contributed by atoms with Crippen LogP contribution in [0.15, 0.2) is 34.1 Å². The quantitative estimate of drug-likeness (QED) is 0.923. The molecule has 0 saturated carbocycles. The highest BCUT2D eigenvalue weighted by Crippen LogP contribution is 2.25. The second-order valence-electron chi connectivity index (χ2n) is 5.68. The molecule has 124 valence electrons. The number of carbonyl (C=O) groups excluding carboxylic acids is 1. The van der Waals surface area contributed by atoms with Crippen LogP contribution < -0.4 is 5.32 Å². The first kappa shape index (κ1) is 16.1. The Morgan fingerprint density at radius 3 is 3.00 bits per heavy atom. The summed E-state index contributed by atoms with van der Waals surface area (Å²) in [6, 6.07) is 7.94. The van der Waals surface area contributed by atoms with Crippen molar-refractivity contribution in [3.63, 3.8) is 0 Å². The average molecular weight is 334 g/mol. The molecule has 0 spiro atoms. The van der Waals surface area contributed by atoms with Crippen LogP contribution in [0.3, 0.4) is 0 Å². The number of amides is 2. The van der Waals surface area contributed by atoms with Crippen molar-refractivity contribution in [2.24, 2.45) is 0 Å². The molecule has 0 aromatic carbocycles. The number of rotatable bonds is 4. The molecule has 3 rings (SSSR count). The van der Waals surface area contributed by atoms with Gasteiger partial charge in [0, 0.05) is 11.4 Å². The number of nitrogens with one attached hydrogen (secondary N) is 1. The Kier molecular flexibility index (Phi) is 5.03. The zero-order valence-electron chi connectivity index (χ0n) is 13.5. The van der Waals surface area contributed by atoms with Crippen molar-refractivity contribution in [2.45, 2.75) is 32.4 Å². The van der Waals surface area contributed by atoms with Crippen molar-refractivity contribution in [3.8, 4) is 0 Å². The molecule has 2 aromatic rings. The van der Waals surface area contributed by atoms with Crippen LogP contribution in [0, 0.1) is 6.92 Å². The van der Waals surface area contributed by atoms with Crippen LogP contribution in [-0.2, 0) is 4.74 Å². The van der Waals surface area contributed by atoms with Gasteiger partial charge in [0.1, 0.15) is 17.6 Å². The van der Waals surface area contributed by atoms with Crippen molar-refractivity contribution in [1.82, 2.24) is 10.2 Å². The van der Waals surface area contributed by atoms with E-state index in [2.05, 4.69) is 18.3 Å². The molecule has 1 aliphatic heterocycles. The van der Waals surface area contributed by atoms with Crippen molar-refractivity contribution in [2.75, 3.05) is 19.7 Å². The van der Waals surface area contributed by atoms with Crippen LogP contribution in [0.4, 0.5) is 4.79 Å². The minimum Gasteiger partial charge on any atom is -0.464 e. The molecule has 0 unspecified atom stereocenters. The first-order valence-corrected chi connectivity index (χ1v) is 8.82. The van der Waals surface area contributed by atoms with Crippen molar-refractivity contribution in [3.05, 3.63) is 46.0 Å². The van der Waals surface area contributed by atoms with Gasteiger partial charge in [0.05, 0.1) is 19.2 Å². The number of hydrogen-bond donors (Lipinski definition) is 1. The van der Waals surface area contributed by atoms with Gasteiger partial charge in [-0.25, -0.2) is 4.79 Å². The smallest absolute Gasteiger partial charge is 0.318 e. The van der Waals surface area contributed by atoms with E-state index < -0.39 is 0 Å². The minimum absolute atomic E-state index is 0.0400. The van der Waals surface area contributed by atoms with Gasteiger partial charge in [-0.15, -0.1) is 11.3 Å². The summed E-state index contributed by atoms with van der Waals surface area (Å²) < 4.78 is 11.4. The van der Waals surface area contributed by atoms with Gasteiger partial charge in [0.25, 0.3) is 0 Å². The molecule has 2 aromatic heterocycles. The molecular weight excluding hydrogens is 312 g/mol. The van der Waals surface area contributed by atoms with Crippen molar-refractivity contribution in [1.29, 1.82) is 0 Å². The topological polar surface area (TPSA) is 54.7 Å². The molecule has 1 fully saturated rings. The maximum absolute atomic E-state index is 12.6. The van der Waals surface area contributed by atoms with E-state index in [-0.39, 0.29) is 18.2 Å². The summed E-state index contributed by atoms with van der Waals surface area (Å²) in [5.74, 6) is 1.64. The highest BCUT2D eigenvalue weighted by Gasteiger charge is 2.28. The van der Waals surface area contributed by atoms with E-state index in [0.717, 1.165) is 17.9 Å². The Morgan fingerprint density at radius 2 is 2.35 bits per heavy atom. The van der Waals surface area contributed by atoms with Gasteiger partial charge in [-0.2, -0.15) is 0 Å². The summed E-state index contributed by atoms with van der Waals surface area (Å²) >= 11 is 1.67. The van der Waals surface area contributed by atoms with Crippen LogP contribution in [0.1, 0.15) is 41.9 Å². The summed E-state index contributed by atoms with van der Waals surface area (Å²) in [4.78, 5) is 15.6. The van der Waals surface area contributed by atoms with Crippen molar-refractivity contribution < 1.29 is 13.9 Å². The molecule has 1 N–H and O–H groups in total. The number of hydrogen-bond acceptors (Lipinski definition) is 4. The normalized spacial score (nSPS) is 19.6. The lowest BCUT2D eigenvalue weighted by Gasteiger charge is -2.33. The van der Waals surface area contributed by atoms with E-state index in [9.17, 15) is 4.79 Å². The summed E-state index contributed by atoms with van der Waals surface area (Å²) in [5, 5.41) is 5.16. The van der Waals surface area contributed by atoms with Gasteiger partial charge in [0.15, 0.2) is 0 Å². The second kappa shape index (κ2) is 7.19. The Bertz CT molecular complexity index is 638. The number of ether oxygens (including phenoxy) is 1. The summed E-state index contributed by atoms with van der Waals surface area (Å²) in [6.07, 6.45) is 0.683. The molecule has 3 heterocycles. The predicted molar refractivity (Wildman–Crippen MR) is 89.6 cm³/mol. The summed E-state index contributed by atoms with van der Waals surface area (Å²) in [5.41, 5.74) is 0. The number of aryl methyl sites for hydroxylation is 1. The van der Waals surface area contributed by atoms with E-state index in [0.29, 0.717) is 19.7 Å². The van der Waals surface area contributed by atoms with Crippen LogP contribution in [0.5, 0.6) is 0 Å². The Labute approximate surface area is 140 Å². The van der Waals surface area contributed by atoms with Crippen LogP contribution in [0.2, 0.25) is 0 Å². The van der Waals surface area contributed by atoms with Gasteiger partial charge in [-0.3, -0.25) is 0 Å². The number of carbonyl (C=O) groups is 1. The Hall–Kier alpha value is -1.79. The van der Waals surface area contributed by atoms with E-state index in [4.69, 9.17) is 9.15 Å². The molecule has 1 aliphatic rings. The fraction of sp³-hybridized carbons (Fsp3) is 0.471. The monoisotopic (exact) mass is 334 g/mol. The van der Waals surface area contributed by atoms with E-state index in [1.165, 1.54) is 4.88 Å². The van der Waals surface area contributed by atoms with Crippen LogP contribution >= 0.6 is 11.3 Å². The lowest BCUT2D eigenvalue weighted by Crippen LogP contribution is -2.47. The molecule has 0 bridgehead atoms. The van der Waals surface area contributed by atoms with Gasteiger partial charge >= 0.3 is 6.03 Å². The third kappa shape index (κ3) is 3.76. The first-order valence-electron chi connectivity index (χ1n) is 7.94. The minimum atomic E-state index is -0.190. The molecular formula is C17H22N2O3S. The van der Waals surface area contributed by atoms with Crippen molar-refractivity contribution >= 4 is 17.4 Å². The lowest BCUT2D eigenvalue weighted by atomic mass is 10.2. The maximum Gasteiger partial charge on any atom is 0.318 e. The first-order chi connectivity index (χ1) is 11.2. The SMILES string of the molecule is CC[C@H](NC(=O)N1CCO[C@@H](c2ccc(C)o2)C1)c1cccs1. The summed E-state index contributed by atoms with van der Waals surface area (Å²) in [6.45, 7) is 5.62. The van der Waals surface area contributed by atoms with E-state index in [1.54, 1.807) is 11.3 Å². The molecule has 0 aliphatic carbocycles. The average Bonchev–Trinajstić information content (AvgIpc) is 3.24. The number of furan rings is 1. The largest absolute Gasteiger partial charge is 0.464 e. The third-order valence-corrected chi connectivity index (χ3v) is 5.01. The van der Waals surface area contributed by atoms with Crippen LogP contribution in [-0.4, -0.2) is 30.6 Å². The molecule has 6 heteroatoms.